The summed E-state index contributed by atoms with van der Waals surface area (Å²) in [4.78, 5) is 11.4. The number of methoxy groups -OCH3 is 1. The van der Waals surface area contributed by atoms with Gasteiger partial charge < -0.3 is 9.84 Å². The highest BCUT2D eigenvalue weighted by molar-refractivity contribution is 9.10. The predicted octanol–water partition coefficient (Wildman–Crippen LogP) is 3.27. The minimum atomic E-state index is -3.91. The van der Waals surface area contributed by atoms with Gasteiger partial charge in [-0.25, -0.2) is 13.2 Å². The third-order valence-corrected chi connectivity index (χ3v) is 4.96. The van der Waals surface area contributed by atoms with E-state index in [9.17, 15) is 18.3 Å². The van der Waals surface area contributed by atoms with Gasteiger partial charge in [0, 0.05) is 4.47 Å². The van der Waals surface area contributed by atoms with Crippen molar-refractivity contribution < 1.29 is 23.1 Å². The molecule has 2 aromatic carbocycles. The van der Waals surface area contributed by atoms with Gasteiger partial charge in [0.25, 0.3) is 10.0 Å². The molecule has 0 unspecified atom stereocenters. The molecule has 0 fully saturated rings. The summed E-state index contributed by atoms with van der Waals surface area (Å²) >= 11 is 3.20. The molecule has 0 bridgehead atoms. The molecule has 122 valence electrons. The summed E-state index contributed by atoms with van der Waals surface area (Å²) in [5.41, 5.74) is 0.402. The van der Waals surface area contributed by atoms with Crippen LogP contribution in [0.5, 0.6) is 5.75 Å². The highest BCUT2D eigenvalue weighted by Gasteiger charge is 2.21. The van der Waals surface area contributed by atoms with Gasteiger partial charge in [0.2, 0.25) is 0 Å². The van der Waals surface area contributed by atoms with Crippen LogP contribution in [0.2, 0.25) is 0 Å². The molecule has 0 spiro atoms. The molecule has 0 aliphatic carbocycles. The van der Waals surface area contributed by atoms with E-state index in [0.29, 0.717) is 15.8 Å². The van der Waals surface area contributed by atoms with E-state index < -0.39 is 16.0 Å². The number of aromatic carboxylic acids is 1. The Kier molecular flexibility index (Phi) is 4.96. The zero-order valence-electron chi connectivity index (χ0n) is 12.3. The number of halogens is 1. The van der Waals surface area contributed by atoms with Crippen molar-refractivity contribution in [2.75, 3.05) is 11.8 Å². The Hall–Kier alpha value is -2.06. The number of hydrogen-bond donors (Lipinski definition) is 2. The number of rotatable bonds is 5. The number of carboxylic acids is 1. The van der Waals surface area contributed by atoms with Crippen LogP contribution >= 0.6 is 15.9 Å². The van der Waals surface area contributed by atoms with Crippen LogP contribution in [0.1, 0.15) is 15.9 Å². The fraction of sp³-hybridized carbons (Fsp3) is 0.133. The summed E-state index contributed by atoms with van der Waals surface area (Å²) in [7, 11) is -2.44. The number of hydrogen-bond acceptors (Lipinski definition) is 4. The van der Waals surface area contributed by atoms with Crippen LogP contribution in [0.3, 0.4) is 0 Å². The molecular formula is C15H14BrNO5S. The van der Waals surface area contributed by atoms with Crippen LogP contribution in [0.15, 0.2) is 45.8 Å². The molecule has 0 amide bonds. The third kappa shape index (κ3) is 3.83. The maximum atomic E-state index is 12.5. The number of aryl methyl sites for hydroxylation is 1. The van der Waals surface area contributed by atoms with Crippen molar-refractivity contribution in [2.24, 2.45) is 0 Å². The second-order valence-electron chi connectivity index (χ2n) is 4.73. The molecule has 2 rings (SSSR count). The van der Waals surface area contributed by atoms with E-state index in [2.05, 4.69) is 20.7 Å². The van der Waals surface area contributed by atoms with Crippen LogP contribution < -0.4 is 9.46 Å². The first-order valence-corrected chi connectivity index (χ1v) is 8.72. The molecule has 0 aromatic heterocycles. The molecule has 23 heavy (non-hydrogen) atoms. The number of sulfonamides is 1. The van der Waals surface area contributed by atoms with Gasteiger partial charge in [0.05, 0.1) is 23.3 Å². The zero-order valence-corrected chi connectivity index (χ0v) is 14.7. The van der Waals surface area contributed by atoms with Gasteiger partial charge in [-0.05, 0) is 48.9 Å². The molecular weight excluding hydrogens is 386 g/mol. The first kappa shape index (κ1) is 17.3. The third-order valence-electron chi connectivity index (χ3n) is 3.14. The van der Waals surface area contributed by atoms with Crippen molar-refractivity contribution in [3.8, 4) is 5.75 Å². The monoisotopic (exact) mass is 399 g/mol. The van der Waals surface area contributed by atoms with Gasteiger partial charge in [-0.1, -0.05) is 15.9 Å². The van der Waals surface area contributed by atoms with Gasteiger partial charge in [-0.2, -0.15) is 0 Å². The van der Waals surface area contributed by atoms with Crippen LogP contribution in [-0.2, 0) is 10.0 Å². The van der Waals surface area contributed by atoms with E-state index in [1.54, 1.807) is 13.0 Å². The lowest BCUT2D eigenvalue weighted by Gasteiger charge is -2.14. The minimum absolute atomic E-state index is 0.0111. The van der Waals surface area contributed by atoms with E-state index in [0.717, 1.165) is 0 Å². The molecule has 6 nitrogen and oxygen atoms in total. The zero-order chi connectivity index (χ0) is 17.2. The first-order chi connectivity index (χ1) is 10.7. The molecule has 0 heterocycles. The van der Waals surface area contributed by atoms with E-state index in [-0.39, 0.29) is 16.1 Å². The van der Waals surface area contributed by atoms with E-state index in [1.807, 2.05) is 0 Å². The summed E-state index contributed by atoms with van der Waals surface area (Å²) in [5, 5.41) is 9.28. The average molecular weight is 400 g/mol. The number of carboxylic acid groups (broad SMARTS) is 1. The molecule has 0 aliphatic rings. The average Bonchev–Trinajstić information content (AvgIpc) is 2.49. The van der Waals surface area contributed by atoms with Crippen LogP contribution in [0, 0.1) is 6.92 Å². The van der Waals surface area contributed by atoms with Gasteiger partial charge in [-0.15, -0.1) is 0 Å². The van der Waals surface area contributed by atoms with Gasteiger partial charge in [0.1, 0.15) is 5.75 Å². The quantitative estimate of drug-likeness (QED) is 0.804. The number of nitrogens with one attached hydrogen (secondary N) is 1. The molecule has 0 saturated carbocycles. The van der Waals surface area contributed by atoms with Crippen molar-refractivity contribution in [3.63, 3.8) is 0 Å². The Morgan fingerprint density at radius 3 is 2.35 bits per heavy atom. The van der Waals surface area contributed by atoms with Crippen molar-refractivity contribution in [1.29, 1.82) is 0 Å². The number of carbonyl (C=O) groups is 1. The lowest BCUT2D eigenvalue weighted by atomic mass is 10.1. The van der Waals surface area contributed by atoms with Gasteiger partial charge >= 0.3 is 5.97 Å². The maximum Gasteiger partial charge on any atom is 0.337 e. The summed E-state index contributed by atoms with van der Waals surface area (Å²) in [5.74, 6) is -0.697. The maximum absolute atomic E-state index is 12.5. The summed E-state index contributed by atoms with van der Waals surface area (Å²) in [6.07, 6.45) is 0. The number of anilines is 1. The van der Waals surface area contributed by atoms with Crippen molar-refractivity contribution in [3.05, 3.63) is 52.0 Å². The van der Waals surface area contributed by atoms with Gasteiger partial charge in [0.15, 0.2) is 0 Å². The Balaban J connectivity index is 2.46. The molecule has 8 heteroatoms. The highest BCUT2D eigenvalue weighted by Crippen LogP contribution is 2.28. The first-order valence-electron chi connectivity index (χ1n) is 6.45. The fourth-order valence-electron chi connectivity index (χ4n) is 2.00. The van der Waals surface area contributed by atoms with Crippen LogP contribution in [0.4, 0.5) is 5.69 Å². The molecule has 2 aromatic rings. The van der Waals surface area contributed by atoms with Crippen LogP contribution in [0.25, 0.3) is 0 Å². The van der Waals surface area contributed by atoms with E-state index >= 15 is 0 Å². The predicted molar refractivity (Wildman–Crippen MR) is 89.6 cm³/mol. The Bertz CT molecular complexity index is 847. The van der Waals surface area contributed by atoms with E-state index in [4.69, 9.17) is 4.74 Å². The normalized spacial score (nSPS) is 11.1. The molecule has 0 saturated heterocycles. The fourth-order valence-corrected chi connectivity index (χ4v) is 3.72. The highest BCUT2D eigenvalue weighted by atomic mass is 79.9. The SMILES string of the molecule is COc1ccc(S(=O)(=O)Nc2c(C)cc(Br)cc2C(=O)O)cc1. The van der Waals surface area contributed by atoms with Gasteiger partial charge in [-0.3, -0.25) is 4.72 Å². The number of ether oxygens (including phenoxy) is 1. The van der Waals surface area contributed by atoms with Crippen molar-refractivity contribution in [2.45, 2.75) is 11.8 Å². The summed E-state index contributed by atoms with van der Waals surface area (Å²) in [6.45, 7) is 1.63. The van der Waals surface area contributed by atoms with Crippen molar-refractivity contribution in [1.82, 2.24) is 0 Å². The molecule has 0 radical (unpaired) electrons. The van der Waals surface area contributed by atoms with E-state index in [1.165, 1.54) is 37.4 Å². The van der Waals surface area contributed by atoms with Crippen LogP contribution in [-0.4, -0.2) is 26.6 Å². The topological polar surface area (TPSA) is 92.7 Å². The molecule has 2 N–H and O–H groups in total. The smallest absolute Gasteiger partial charge is 0.337 e. The molecule has 0 atom stereocenters. The Morgan fingerprint density at radius 2 is 1.83 bits per heavy atom. The second-order valence-corrected chi connectivity index (χ2v) is 7.33. The second kappa shape index (κ2) is 6.59. The largest absolute Gasteiger partial charge is 0.497 e. The lowest BCUT2D eigenvalue weighted by Crippen LogP contribution is -2.16. The Morgan fingerprint density at radius 1 is 1.22 bits per heavy atom. The Labute approximate surface area is 142 Å². The summed E-state index contributed by atoms with van der Waals surface area (Å²) < 4.78 is 32.8. The summed E-state index contributed by atoms with van der Waals surface area (Å²) in [6, 6.07) is 8.79. The number of benzene rings is 2. The lowest BCUT2D eigenvalue weighted by molar-refractivity contribution is 0.0698. The molecule has 0 aliphatic heterocycles. The minimum Gasteiger partial charge on any atom is -0.497 e. The standard InChI is InChI=1S/C15H14BrNO5S/c1-9-7-10(16)8-13(15(18)19)14(9)17-23(20,21)12-5-3-11(22-2)4-6-12/h3-8,17H,1-2H3,(H,18,19). The van der Waals surface area contributed by atoms with Crippen molar-refractivity contribution >= 4 is 37.6 Å².